The van der Waals surface area contributed by atoms with Crippen molar-refractivity contribution >= 4 is 28.5 Å². The number of aryl methyl sites for hydroxylation is 2. The second kappa shape index (κ2) is 13.1. The molecule has 0 aliphatic carbocycles. The molecule has 2 aromatic carbocycles. The van der Waals surface area contributed by atoms with Crippen molar-refractivity contribution in [2.45, 2.75) is 31.6 Å². The molecule has 1 amide bonds. The molecular formula is C31H27F6N5O6. The van der Waals surface area contributed by atoms with Gasteiger partial charge < -0.3 is 19.7 Å². The van der Waals surface area contributed by atoms with Gasteiger partial charge in [0.05, 0.1) is 43.0 Å². The van der Waals surface area contributed by atoms with Crippen LogP contribution in [0.15, 0.2) is 52.3 Å². The van der Waals surface area contributed by atoms with E-state index in [9.17, 15) is 32.3 Å². The van der Waals surface area contributed by atoms with Crippen LogP contribution in [0, 0.1) is 24.4 Å². The fourth-order valence-electron chi connectivity index (χ4n) is 5.61. The number of rotatable bonds is 7. The summed E-state index contributed by atoms with van der Waals surface area (Å²) in [4.78, 5) is 56.6. The number of pyridine rings is 1. The van der Waals surface area contributed by atoms with Crippen LogP contribution in [0.2, 0.25) is 0 Å². The number of hydrogen-bond acceptors (Lipinski definition) is 8. The molecule has 0 unspecified atom stereocenters. The molecule has 3 heterocycles. The van der Waals surface area contributed by atoms with Gasteiger partial charge in [-0.25, -0.2) is 27.3 Å². The Hall–Kier alpha value is -5.19. The van der Waals surface area contributed by atoms with E-state index in [1.165, 1.54) is 38.5 Å². The molecule has 2 atom stereocenters. The van der Waals surface area contributed by atoms with Crippen LogP contribution in [-0.2, 0) is 27.7 Å². The SMILES string of the molecule is COC(=O)[C@H](Cc1cc(F)c(-n2c(=O)c3ccncc3n(C)c2=O)c(F)c1)NC(=O)c1c(C)cc(N2CCOC[C@@H]2C(F)(F)F)cc1F. The summed E-state index contributed by atoms with van der Waals surface area (Å²) in [7, 11) is 2.26. The molecule has 0 saturated carbocycles. The molecule has 0 radical (unpaired) electrons. The van der Waals surface area contributed by atoms with Crippen molar-refractivity contribution in [1.82, 2.24) is 19.4 Å². The lowest BCUT2D eigenvalue weighted by Gasteiger charge is -2.38. The normalized spacial score (nSPS) is 15.8. The van der Waals surface area contributed by atoms with Crippen molar-refractivity contribution in [1.29, 1.82) is 0 Å². The summed E-state index contributed by atoms with van der Waals surface area (Å²) < 4.78 is 97.9. The molecule has 1 aliphatic heterocycles. The molecule has 1 saturated heterocycles. The Morgan fingerprint density at radius 3 is 2.42 bits per heavy atom. The number of halogens is 6. The summed E-state index contributed by atoms with van der Waals surface area (Å²) in [6.07, 6.45) is -2.74. The number of hydrogen-bond donors (Lipinski definition) is 1. The first-order chi connectivity index (χ1) is 22.6. The molecule has 0 spiro atoms. The van der Waals surface area contributed by atoms with Gasteiger partial charge in [0.25, 0.3) is 11.5 Å². The second-order valence-electron chi connectivity index (χ2n) is 11.0. The van der Waals surface area contributed by atoms with Gasteiger partial charge in [-0.05, 0) is 48.4 Å². The molecule has 254 valence electrons. The van der Waals surface area contributed by atoms with Crippen molar-refractivity contribution in [2.24, 2.45) is 7.05 Å². The zero-order valence-corrected chi connectivity index (χ0v) is 25.5. The minimum absolute atomic E-state index is 0.0359. The summed E-state index contributed by atoms with van der Waals surface area (Å²) >= 11 is 0. The number of ether oxygens (including phenoxy) is 2. The number of morpholine rings is 1. The van der Waals surface area contributed by atoms with Gasteiger partial charge >= 0.3 is 17.8 Å². The largest absolute Gasteiger partial charge is 0.467 e. The van der Waals surface area contributed by atoms with Crippen LogP contribution >= 0.6 is 0 Å². The van der Waals surface area contributed by atoms with Gasteiger partial charge in [0.1, 0.15) is 23.6 Å². The van der Waals surface area contributed by atoms with Gasteiger partial charge in [-0.2, -0.15) is 13.2 Å². The van der Waals surface area contributed by atoms with E-state index >= 15 is 13.2 Å². The fraction of sp³-hybridized carbons (Fsp3) is 0.323. The lowest BCUT2D eigenvalue weighted by atomic mass is 10.0. The van der Waals surface area contributed by atoms with Gasteiger partial charge in [-0.15, -0.1) is 0 Å². The summed E-state index contributed by atoms with van der Waals surface area (Å²) in [5, 5.41) is 2.21. The standard InChI is InChI=1S/C31H27F6N5O6/c1-15-8-17(41-6-7-48-14-24(41)31(35,36)37)12-19(32)25(15)27(43)39-22(29(45)47-3)11-16-9-20(33)26(21(34)10-16)42-28(44)18-4-5-38-13-23(18)40(2)30(42)46/h4-5,8-10,12-13,22,24H,6-7,11,14H2,1-3H3,(H,39,43)/t22-,24+/m0/s1. The predicted octanol–water partition coefficient (Wildman–Crippen LogP) is 3.09. The van der Waals surface area contributed by atoms with Crippen molar-refractivity contribution in [3.8, 4) is 5.69 Å². The average molecular weight is 680 g/mol. The number of benzene rings is 2. The summed E-state index contributed by atoms with van der Waals surface area (Å²) in [6, 6.07) is 1.07. The molecule has 5 rings (SSSR count). The molecule has 4 aromatic rings. The summed E-state index contributed by atoms with van der Waals surface area (Å²) in [5.74, 6) is -6.09. The average Bonchev–Trinajstić information content (AvgIpc) is 3.03. The first kappa shape index (κ1) is 34.2. The van der Waals surface area contributed by atoms with Gasteiger partial charge in [0.2, 0.25) is 0 Å². The van der Waals surface area contributed by atoms with Crippen LogP contribution in [0.3, 0.4) is 0 Å². The Morgan fingerprint density at radius 1 is 1.10 bits per heavy atom. The van der Waals surface area contributed by atoms with Crippen LogP contribution in [0.4, 0.5) is 32.0 Å². The number of aromatic nitrogens is 3. The third-order valence-corrected chi connectivity index (χ3v) is 7.94. The number of nitrogens with zero attached hydrogens (tertiary/aromatic N) is 4. The van der Waals surface area contributed by atoms with E-state index < -0.39 is 83.1 Å². The molecule has 1 aliphatic rings. The molecule has 17 heteroatoms. The van der Waals surface area contributed by atoms with E-state index in [1.807, 2.05) is 0 Å². The number of carbonyl (C=O) groups excluding carboxylic acids is 2. The number of carbonyl (C=O) groups is 2. The van der Waals surface area contributed by atoms with E-state index in [-0.39, 0.29) is 40.9 Å². The third-order valence-electron chi connectivity index (χ3n) is 7.94. The third kappa shape index (κ3) is 6.36. The monoisotopic (exact) mass is 679 g/mol. The van der Waals surface area contributed by atoms with Crippen LogP contribution < -0.4 is 21.5 Å². The van der Waals surface area contributed by atoms with Crippen LogP contribution in [0.25, 0.3) is 16.6 Å². The lowest BCUT2D eigenvalue weighted by molar-refractivity contribution is -0.167. The van der Waals surface area contributed by atoms with E-state index in [2.05, 4.69) is 10.3 Å². The smallest absolute Gasteiger partial charge is 0.411 e. The molecule has 1 fully saturated rings. The van der Waals surface area contributed by atoms with Gasteiger partial charge in [-0.1, -0.05) is 0 Å². The highest BCUT2D eigenvalue weighted by Crippen LogP contribution is 2.33. The highest BCUT2D eigenvalue weighted by Gasteiger charge is 2.45. The zero-order chi connectivity index (χ0) is 35.1. The quantitative estimate of drug-likeness (QED) is 0.234. The number of methoxy groups -OCH3 is 1. The Labute approximate surface area is 267 Å². The number of alkyl halides is 3. The van der Waals surface area contributed by atoms with Gasteiger partial charge in [-0.3, -0.25) is 19.1 Å². The number of amides is 1. The molecule has 48 heavy (non-hydrogen) atoms. The van der Waals surface area contributed by atoms with Crippen molar-refractivity contribution in [2.75, 3.05) is 31.8 Å². The molecule has 11 nitrogen and oxygen atoms in total. The molecule has 0 bridgehead atoms. The van der Waals surface area contributed by atoms with Crippen LogP contribution in [0.5, 0.6) is 0 Å². The Morgan fingerprint density at radius 2 is 1.79 bits per heavy atom. The van der Waals surface area contributed by atoms with E-state index in [0.717, 1.165) is 34.8 Å². The van der Waals surface area contributed by atoms with Crippen molar-refractivity contribution in [3.63, 3.8) is 0 Å². The van der Waals surface area contributed by atoms with Crippen molar-refractivity contribution < 1.29 is 45.4 Å². The minimum Gasteiger partial charge on any atom is -0.467 e. The number of fused-ring (bicyclic) bond motifs is 1. The number of esters is 1. The van der Waals surface area contributed by atoms with E-state index in [1.54, 1.807) is 0 Å². The van der Waals surface area contributed by atoms with Gasteiger partial charge in [0.15, 0.2) is 11.6 Å². The van der Waals surface area contributed by atoms with E-state index in [0.29, 0.717) is 4.57 Å². The van der Waals surface area contributed by atoms with Crippen LogP contribution in [0.1, 0.15) is 21.5 Å². The predicted molar refractivity (Wildman–Crippen MR) is 159 cm³/mol. The maximum Gasteiger partial charge on any atom is 0.411 e. The lowest BCUT2D eigenvalue weighted by Crippen LogP contribution is -2.53. The van der Waals surface area contributed by atoms with Crippen LogP contribution in [-0.4, -0.2) is 71.1 Å². The molecular weight excluding hydrogens is 652 g/mol. The maximum atomic E-state index is 15.5. The Bertz CT molecular complexity index is 2000. The molecule has 2 aromatic heterocycles. The first-order valence-corrected chi connectivity index (χ1v) is 14.3. The number of nitrogens with one attached hydrogen (secondary N) is 1. The highest BCUT2D eigenvalue weighted by molar-refractivity contribution is 5.98. The maximum absolute atomic E-state index is 15.5. The van der Waals surface area contributed by atoms with Crippen molar-refractivity contribution in [3.05, 3.63) is 97.7 Å². The van der Waals surface area contributed by atoms with E-state index in [4.69, 9.17) is 9.47 Å². The fourth-order valence-corrected chi connectivity index (χ4v) is 5.61. The summed E-state index contributed by atoms with van der Waals surface area (Å²) in [6.45, 7) is 0.401. The zero-order valence-electron chi connectivity index (χ0n) is 25.5. The topological polar surface area (TPSA) is 125 Å². The highest BCUT2D eigenvalue weighted by atomic mass is 19.4. The Kier molecular flexibility index (Phi) is 9.35. The number of anilines is 1. The first-order valence-electron chi connectivity index (χ1n) is 14.3. The molecule has 1 N–H and O–H groups in total. The van der Waals surface area contributed by atoms with Gasteiger partial charge in [0, 0.05) is 31.9 Å². The minimum atomic E-state index is -4.68. The summed E-state index contributed by atoms with van der Waals surface area (Å²) in [5.41, 5.74) is -3.91. The Balaban J connectivity index is 1.44. The second-order valence-corrected chi connectivity index (χ2v) is 11.0.